The van der Waals surface area contributed by atoms with Crippen LogP contribution >= 0.6 is 27.5 Å². The van der Waals surface area contributed by atoms with Crippen molar-refractivity contribution in [3.8, 4) is 22.8 Å². The van der Waals surface area contributed by atoms with Crippen molar-refractivity contribution in [3.05, 3.63) is 100 Å². The second-order valence-corrected chi connectivity index (χ2v) is 7.56. The maximum absolute atomic E-state index is 12.5. The van der Waals surface area contributed by atoms with Gasteiger partial charge in [0.1, 0.15) is 17.3 Å². The predicted octanol–water partition coefficient (Wildman–Crippen LogP) is 7.41. The van der Waals surface area contributed by atoms with E-state index in [1.165, 1.54) is 0 Å². The first-order chi connectivity index (χ1) is 14.1. The molecule has 0 aliphatic carbocycles. The summed E-state index contributed by atoms with van der Waals surface area (Å²) >= 11 is 9.27. The molecule has 1 heterocycles. The van der Waals surface area contributed by atoms with E-state index in [0.29, 0.717) is 28.0 Å². The standard InChI is InChI=1S/C23H15BrClNO3/c24-16-3-1-15(2-4-16)21-13-14-22(29-21)23(27)26-18-7-11-20(12-8-18)28-19-9-5-17(25)6-10-19/h1-14H,(H,26,27). The van der Waals surface area contributed by atoms with E-state index in [0.717, 1.165) is 10.0 Å². The van der Waals surface area contributed by atoms with Crippen LogP contribution in [0.2, 0.25) is 5.02 Å². The van der Waals surface area contributed by atoms with Gasteiger partial charge in [0, 0.05) is 20.7 Å². The number of amides is 1. The summed E-state index contributed by atoms with van der Waals surface area (Å²) in [5.74, 6) is 1.89. The molecule has 0 bridgehead atoms. The number of rotatable bonds is 5. The highest BCUT2D eigenvalue weighted by atomic mass is 79.9. The quantitative estimate of drug-likeness (QED) is 0.332. The largest absolute Gasteiger partial charge is 0.457 e. The van der Waals surface area contributed by atoms with Crippen LogP contribution in [-0.4, -0.2) is 5.91 Å². The van der Waals surface area contributed by atoms with Crippen LogP contribution in [0.3, 0.4) is 0 Å². The van der Waals surface area contributed by atoms with Crippen molar-refractivity contribution in [2.24, 2.45) is 0 Å². The predicted molar refractivity (Wildman–Crippen MR) is 118 cm³/mol. The molecule has 1 N–H and O–H groups in total. The number of furan rings is 1. The highest BCUT2D eigenvalue weighted by molar-refractivity contribution is 9.10. The number of anilines is 1. The van der Waals surface area contributed by atoms with Gasteiger partial charge in [-0.15, -0.1) is 0 Å². The molecule has 3 aromatic carbocycles. The van der Waals surface area contributed by atoms with E-state index in [1.807, 2.05) is 24.3 Å². The summed E-state index contributed by atoms with van der Waals surface area (Å²) in [7, 11) is 0. The van der Waals surface area contributed by atoms with Crippen LogP contribution in [0, 0.1) is 0 Å². The third-order valence-corrected chi connectivity index (χ3v) is 4.90. The lowest BCUT2D eigenvalue weighted by Gasteiger charge is -2.07. The number of carbonyl (C=O) groups excluding carboxylic acids is 1. The van der Waals surface area contributed by atoms with Gasteiger partial charge in [0.25, 0.3) is 5.91 Å². The Bertz CT molecular complexity index is 1120. The van der Waals surface area contributed by atoms with Gasteiger partial charge in [0.15, 0.2) is 5.76 Å². The minimum absolute atomic E-state index is 0.240. The summed E-state index contributed by atoms with van der Waals surface area (Å²) in [6.45, 7) is 0. The molecule has 0 spiro atoms. The Morgan fingerprint density at radius 2 is 1.45 bits per heavy atom. The molecule has 1 aromatic heterocycles. The molecular formula is C23H15BrClNO3. The topological polar surface area (TPSA) is 51.5 Å². The first-order valence-electron chi connectivity index (χ1n) is 8.77. The highest BCUT2D eigenvalue weighted by Crippen LogP contribution is 2.26. The molecule has 4 rings (SSSR count). The van der Waals surface area contributed by atoms with Crippen LogP contribution in [0.4, 0.5) is 5.69 Å². The summed E-state index contributed by atoms with van der Waals surface area (Å²) < 4.78 is 12.4. The number of carbonyl (C=O) groups is 1. The van der Waals surface area contributed by atoms with Crippen LogP contribution in [0.5, 0.6) is 11.5 Å². The fraction of sp³-hybridized carbons (Fsp3) is 0. The van der Waals surface area contributed by atoms with Crippen molar-refractivity contribution in [2.75, 3.05) is 5.32 Å². The molecule has 0 radical (unpaired) electrons. The van der Waals surface area contributed by atoms with Crippen LogP contribution in [-0.2, 0) is 0 Å². The number of ether oxygens (including phenoxy) is 1. The molecule has 0 aliphatic heterocycles. The fourth-order valence-corrected chi connectivity index (χ4v) is 3.06. The van der Waals surface area contributed by atoms with Crippen molar-refractivity contribution in [3.63, 3.8) is 0 Å². The smallest absolute Gasteiger partial charge is 0.291 e. The van der Waals surface area contributed by atoms with Gasteiger partial charge in [0.2, 0.25) is 0 Å². The van der Waals surface area contributed by atoms with E-state index in [9.17, 15) is 4.79 Å². The lowest BCUT2D eigenvalue weighted by atomic mass is 10.2. The Morgan fingerprint density at radius 1 is 0.828 bits per heavy atom. The average Bonchev–Trinajstić information content (AvgIpc) is 3.22. The Morgan fingerprint density at radius 3 is 2.10 bits per heavy atom. The van der Waals surface area contributed by atoms with Gasteiger partial charge in [-0.1, -0.05) is 39.7 Å². The van der Waals surface area contributed by atoms with Gasteiger partial charge in [-0.3, -0.25) is 4.79 Å². The lowest BCUT2D eigenvalue weighted by Crippen LogP contribution is -2.10. The van der Waals surface area contributed by atoms with E-state index in [-0.39, 0.29) is 11.7 Å². The average molecular weight is 469 g/mol. The maximum Gasteiger partial charge on any atom is 0.291 e. The van der Waals surface area contributed by atoms with Gasteiger partial charge in [-0.05, 0) is 72.8 Å². The molecule has 0 saturated heterocycles. The molecular weight excluding hydrogens is 454 g/mol. The summed E-state index contributed by atoms with van der Waals surface area (Å²) in [6.07, 6.45) is 0. The first kappa shape index (κ1) is 19.3. The van der Waals surface area contributed by atoms with E-state index >= 15 is 0 Å². The van der Waals surface area contributed by atoms with E-state index in [2.05, 4.69) is 21.2 Å². The van der Waals surface area contributed by atoms with Crippen molar-refractivity contribution in [1.29, 1.82) is 0 Å². The summed E-state index contributed by atoms with van der Waals surface area (Å²) in [5.41, 5.74) is 1.54. The normalized spacial score (nSPS) is 10.6. The zero-order valence-corrected chi connectivity index (χ0v) is 17.4. The number of halogens is 2. The first-order valence-corrected chi connectivity index (χ1v) is 9.94. The van der Waals surface area contributed by atoms with Crippen molar-refractivity contribution >= 4 is 39.1 Å². The summed E-state index contributed by atoms with van der Waals surface area (Å²) in [5, 5.41) is 3.47. The second kappa shape index (κ2) is 8.55. The zero-order valence-electron chi connectivity index (χ0n) is 15.1. The number of hydrogen-bond donors (Lipinski definition) is 1. The molecule has 29 heavy (non-hydrogen) atoms. The number of nitrogens with one attached hydrogen (secondary N) is 1. The van der Waals surface area contributed by atoms with E-state index in [4.69, 9.17) is 20.8 Å². The van der Waals surface area contributed by atoms with E-state index in [1.54, 1.807) is 60.7 Å². The Hall–Kier alpha value is -3.02. The van der Waals surface area contributed by atoms with Crippen LogP contribution in [0.25, 0.3) is 11.3 Å². The minimum atomic E-state index is -0.320. The third-order valence-electron chi connectivity index (χ3n) is 4.12. The Balaban J connectivity index is 1.40. The molecule has 144 valence electrons. The zero-order chi connectivity index (χ0) is 20.2. The fourth-order valence-electron chi connectivity index (χ4n) is 2.67. The molecule has 0 unspecified atom stereocenters. The molecule has 4 nitrogen and oxygen atoms in total. The number of benzene rings is 3. The van der Waals surface area contributed by atoms with Gasteiger partial charge >= 0.3 is 0 Å². The van der Waals surface area contributed by atoms with Crippen LogP contribution < -0.4 is 10.1 Å². The maximum atomic E-state index is 12.5. The van der Waals surface area contributed by atoms with Crippen molar-refractivity contribution < 1.29 is 13.9 Å². The minimum Gasteiger partial charge on any atom is -0.457 e. The van der Waals surface area contributed by atoms with Crippen LogP contribution in [0.1, 0.15) is 10.6 Å². The molecule has 0 atom stereocenters. The Kier molecular flexibility index (Phi) is 5.69. The lowest BCUT2D eigenvalue weighted by molar-refractivity contribution is 0.0997. The SMILES string of the molecule is O=C(Nc1ccc(Oc2ccc(Cl)cc2)cc1)c1ccc(-c2ccc(Br)cc2)o1. The summed E-state index contributed by atoms with van der Waals surface area (Å²) in [4.78, 5) is 12.5. The monoisotopic (exact) mass is 467 g/mol. The van der Waals surface area contributed by atoms with Gasteiger partial charge < -0.3 is 14.5 Å². The molecule has 0 saturated carbocycles. The van der Waals surface area contributed by atoms with Crippen molar-refractivity contribution in [2.45, 2.75) is 0 Å². The van der Waals surface area contributed by atoms with Gasteiger partial charge in [0.05, 0.1) is 0 Å². The molecule has 4 aromatic rings. The molecule has 0 aliphatic rings. The van der Waals surface area contributed by atoms with Crippen molar-refractivity contribution in [1.82, 2.24) is 0 Å². The van der Waals surface area contributed by atoms with E-state index < -0.39 is 0 Å². The number of hydrogen-bond acceptors (Lipinski definition) is 3. The molecule has 1 amide bonds. The Labute approximate surface area is 181 Å². The van der Waals surface area contributed by atoms with Gasteiger partial charge in [-0.25, -0.2) is 0 Å². The second-order valence-electron chi connectivity index (χ2n) is 6.21. The van der Waals surface area contributed by atoms with Gasteiger partial charge in [-0.2, -0.15) is 0 Å². The molecule has 6 heteroatoms. The van der Waals surface area contributed by atoms with Crippen LogP contribution in [0.15, 0.2) is 93.8 Å². The summed E-state index contributed by atoms with van der Waals surface area (Å²) in [6, 6.07) is 25.3. The molecule has 0 fully saturated rings. The highest BCUT2D eigenvalue weighted by Gasteiger charge is 2.13. The third kappa shape index (κ3) is 4.88.